The molecule has 0 aliphatic carbocycles. The maximum absolute atomic E-state index is 12.6. The van der Waals surface area contributed by atoms with Crippen molar-refractivity contribution in [3.63, 3.8) is 0 Å². The lowest BCUT2D eigenvalue weighted by atomic mass is 9.99. The van der Waals surface area contributed by atoms with E-state index >= 15 is 0 Å². The van der Waals surface area contributed by atoms with Gasteiger partial charge in [-0.3, -0.25) is 9.10 Å². The number of amides is 1. The van der Waals surface area contributed by atoms with Crippen molar-refractivity contribution in [2.24, 2.45) is 5.92 Å². The highest BCUT2D eigenvalue weighted by Gasteiger charge is 2.29. The maximum atomic E-state index is 12.6. The molecule has 0 spiro atoms. The molecule has 6 heteroatoms. The number of benzene rings is 1. The van der Waals surface area contributed by atoms with Crippen LogP contribution in [0.5, 0.6) is 0 Å². The van der Waals surface area contributed by atoms with Crippen LogP contribution in [0.2, 0.25) is 0 Å². The summed E-state index contributed by atoms with van der Waals surface area (Å²) >= 11 is 0. The zero-order valence-electron chi connectivity index (χ0n) is 12.9. The second-order valence-electron chi connectivity index (χ2n) is 6.29. The summed E-state index contributed by atoms with van der Waals surface area (Å²) in [7, 11) is -3.21. The fourth-order valence-electron chi connectivity index (χ4n) is 3.28. The SMILES string of the molecule is CC1CCCN(C(=O)c2cccc(N3CCCS3(=O)=O)c2)C1. The molecule has 0 radical (unpaired) electrons. The molecular formula is C16H22N2O3S. The monoisotopic (exact) mass is 322 g/mol. The van der Waals surface area contributed by atoms with Crippen LogP contribution in [0, 0.1) is 5.92 Å². The van der Waals surface area contributed by atoms with E-state index < -0.39 is 10.0 Å². The number of hydrogen-bond donors (Lipinski definition) is 0. The Morgan fingerprint density at radius 2 is 2.05 bits per heavy atom. The number of likely N-dealkylation sites (tertiary alicyclic amines) is 1. The van der Waals surface area contributed by atoms with Crippen molar-refractivity contribution in [1.29, 1.82) is 0 Å². The molecule has 5 nitrogen and oxygen atoms in total. The van der Waals surface area contributed by atoms with Gasteiger partial charge in [-0.05, 0) is 43.4 Å². The summed E-state index contributed by atoms with van der Waals surface area (Å²) in [6.45, 7) is 4.23. The lowest BCUT2D eigenvalue weighted by molar-refractivity contribution is 0.0683. The van der Waals surface area contributed by atoms with Crippen LogP contribution in [0.25, 0.3) is 0 Å². The molecule has 1 amide bonds. The number of carbonyl (C=O) groups is 1. The Morgan fingerprint density at radius 3 is 2.73 bits per heavy atom. The normalized spacial score (nSPS) is 24.5. The second-order valence-corrected chi connectivity index (χ2v) is 8.30. The minimum atomic E-state index is -3.21. The Balaban J connectivity index is 1.83. The molecule has 1 aromatic rings. The highest BCUT2D eigenvalue weighted by molar-refractivity contribution is 7.93. The Hall–Kier alpha value is -1.56. The first-order valence-electron chi connectivity index (χ1n) is 7.87. The number of anilines is 1. The Labute approximate surface area is 132 Å². The van der Waals surface area contributed by atoms with Crippen LogP contribution >= 0.6 is 0 Å². The molecule has 1 aromatic carbocycles. The Kier molecular flexibility index (Phi) is 4.12. The lowest BCUT2D eigenvalue weighted by Crippen LogP contribution is -2.39. The van der Waals surface area contributed by atoms with E-state index in [0.717, 1.165) is 25.9 Å². The van der Waals surface area contributed by atoms with Gasteiger partial charge in [0, 0.05) is 25.2 Å². The van der Waals surface area contributed by atoms with Crippen LogP contribution < -0.4 is 4.31 Å². The van der Waals surface area contributed by atoms with E-state index in [0.29, 0.717) is 30.1 Å². The third-order valence-corrected chi connectivity index (χ3v) is 6.29. The molecule has 120 valence electrons. The van der Waals surface area contributed by atoms with Gasteiger partial charge in [0.1, 0.15) is 0 Å². The molecule has 0 N–H and O–H groups in total. The average molecular weight is 322 g/mol. The topological polar surface area (TPSA) is 57.7 Å². The van der Waals surface area contributed by atoms with Crippen LogP contribution in [0.15, 0.2) is 24.3 Å². The van der Waals surface area contributed by atoms with E-state index in [1.807, 2.05) is 4.90 Å². The van der Waals surface area contributed by atoms with Gasteiger partial charge in [0.25, 0.3) is 5.91 Å². The summed E-state index contributed by atoms with van der Waals surface area (Å²) in [6.07, 6.45) is 2.84. The van der Waals surface area contributed by atoms with Crippen molar-refractivity contribution >= 4 is 21.6 Å². The lowest BCUT2D eigenvalue weighted by Gasteiger charge is -2.31. The van der Waals surface area contributed by atoms with Gasteiger partial charge in [-0.25, -0.2) is 8.42 Å². The molecule has 1 atom stereocenters. The van der Waals surface area contributed by atoms with E-state index in [-0.39, 0.29) is 11.7 Å². The number of piperidine rings is 1. The molecular weight excluding hydrogens is 300 g/mol. The fraction of sp³-hybridized carbons (Fsp3) is 0.562. The molecule has 2 heterocycles. The molecule has 2 aliphatic rings. The number of nitrogens with zero attached hydrogens (tertiary/aromatic N) is 2. The van der Waals surface area contributed by atoms with Crippen LogP contribution in [-0.2, 0) is 10.0 Å². The van der Waals surface area contributed by atoms with Crippen molar-refractivity contribution in [3.05, 3.63) is 29.8 Å². The molecule has 22 heavy (non-hydrogen) atoms. The largest absolute Gasteiger partial charge is 0.338 e. The van der Waals surface area contributed by atoms with Crippen LogP contribution in [0.3, 0.4) is 0 Å². The third-order valence-electron chi connectivity index (χ3n) is 4.42. The number of rotatable bonds is 2. The van der Waals surface area contributed by atoms with Crippen molar-refractivity contribution in [3.8, 4) is 0 Å². The summed E-state index contributed by atoms with van der Waals surface area (Å²) in [5, 5.41) is 0. The third kappa shape index (κ3) is 2.97. The van der Waals surface area contributed by atoms with Crippen molar-refractivity contribution in [2.75, 3.05) is 29.7 Å². The number of sulfonamides is 1. The molecule has 0 saturated carbocycles. The van der Waals surface area contributed by atoms with E-state index in [2.05, 4.69) is 6.92 Å². The van der Waals surface area contributed by atoms with Gasteiger partial charge < -0.3 is 4.90 Å². The van der Waals surface area contributed by atoms with E-state index in [4.69, 9.17) is 0 Å². The zero-order valence-corrected chi connectivity index (χ0v) is 13.7. The van der Waals surface area contributed by atoms with Gasteiger partial charge in [-0.2, -0.15) is 0 Å². The predicted octanol–water partition coefficient (Wildman–Crippen LogP) is 2.10. The van der Waals surface area contributed by atoms with Crippen LogP contribution in [0.1, 0.15) is 36.5 Å². The first-order valence-corrected chi connectivity index (χ1v) is 9.48. The Morgan fingerprint density at radius 1 is 1.23 bits per heavy atom. The zero-order chi connectivity index (χ0) is 15.7. The fourth-order valence-corrected chi connectivity index (χ4v) is 4.84. The molecule has 2 aliphatic heterocycles. The maximum Gasteiger partial charge on any atom is 0.253 e. The quantitative estimate of drug-likeness (QED) is 0.838. The van der Waals surface area contributed by atoms with Gasteiger partial charge >= 0.3 is 0 Å². The molecule has 0 bridgehead atoms. The van der Waals surface area contributed by atoms with Crippen LogP contribution in [0.4, 0.5) is 5.69 Å². The smallest absolute Gasteiger partial charge is 0.253 e. The number of carbonyl (C=O) groups excluding carboxylic acids is 1. The summed E-state index contributed by atoms with van der Waals surface area (Å²) < 4.78 is 25.5. The molecule has 3 rings (SSSR count). The van der Waals surface area contributed by atoms with Crippen LogP contribution in [-0.4, -0.2) is 44.6 Å². The molecule has 2 saturated heterocycles. The standard InChI is InChI=1S/C16H22N2O3S/c1-13-5-3-8-17(12-13)16(19)14-6-2-7-15(11-14)18-9-4-10-22(18,20)21/h2,6-7,11,13H,3-5,8-10,12H2,1H3. The summed E-state index contributed by atoms with van der Waals surface area (Å²) in [5.41, 5.74) is 1.18. The number of hydrogen-bond acceptors (Lipinski definition) is 3. The minimum Gasteiger partial charge on any atom is -0.338 e. The van der Waals surface area contributed by atoms with E-state index in [9.17, 15) is 13.2 Å². The van der Waals surface area contributed by atoms with Gasteiger partial charge in [0.2, 0.25) is 10.0 Å². The second kappa shape index (κ2) is 5.91. The predicted molar refractivity (Wildman–Crippen MR) is 86.5 cm³/mol. The molecule has 1 unspecified atom stereocenters. The first-order chi connectivity index (χ1) is 10.5. The van der Waals surface area contributed by atoms with Gasteiger partial charge in [-0.1, -0.05) is 13.0 Å². The van der Waals surface area contributed by atoms with E-state index in [1.54, 1.807) is 24.3 Å². The van der Waals surface area contributed by atoms with Crippen molar-refractivity contribution in [1.82, 2.24) is 4.90 Å². The van der Waals surface area contributed by atoms with Gasteiger partial charge in [-0.15, -0.1) is 0 Å². The summed E-state index contributed by atoms with van der Waals surface area (Å²) in [4.78, 5) is 14.5. The van der Waals surface area contributed by atoms with Gasteiger partial charge in [0.15, 0.2) is 0 Å². The summed E-state index contributed by atoms with van der Waals surface area (Å²) in [6, 6.07) is 7.01. The molecule has 0 aromatic heterocycles. The highest BCUT2D eigenvalue weighted by atomic mass is 32.2. The average Bonchev–Trinajstić information content (AvgIpc) is 2.86. The minimum absolute atomic E-state index is 0.00462. The molecule has 2 fully saturated rings. The summed E-state index contributed by atoms with van der Waals surface area (Å²) in [5.74, 6) is 0.722. The highest BCUT2D eigenvalue weighted by Crippen LogP contribution is 2.26. The van der Waals surface area contributed by atoms with Crippen molar-refractivity contribution < 1.29 is 13.2 Å². The van der Waals surface area contributed by atoms with Gasteiger partial charge in [0.05, 0.1) is 11.4 Å². The Bertz CT molecular complexity index is 672. The van der Waals surface area contributed by atoms with Crippen molar-refractivity contribution in [2.45, 2.75) is 26.2 Å². The first kappa shape index (κ1) is 15.3. The van der Waals surface area contributed by atoms with E-state index in [1.165, 1.54) is 4.31 Å².